The van der Waals surface area contributed by atoms with Gasteiger partial charge in [-0.1, -0.05) is 0 Å². The second-order valence-electron chi connectivity index (χ2n) is 4.11. The first kappa shape index (κ1) is 20.6. The maximum atomic E-state index is 9.87. The van der Waals surface area contributed by atoms with Crippen LogP contribution in [0.3, 0.4) is 0 Å². The van der Waals surface area contributed by atoms with Crippen LogP contribution in [0.25, 0.3) is 0 Å². The Balaban J connectivity index is 0. The zero-order chi connectivity index (χ0) is 15.6. The molecule has 0 atom stereocenters. The molecule has 2 N–H and O–H groups in total. The summed E-state index contributed by atoms with van der Waals surface area (Å²) >= 11 is 0. The van der Waals surface area contributed by atoms with E-state index in [0.717, 1.165) is 0 Å². The van der Waals surface area contributed by atoms with Crippen LogP contribution in [0.1, 0.15) is 0 Å². The summed E-state index contributed by atoms with van der Waals surface area (Å²) < 4.78 is 65.4. The van der Waals surface area contributed by atoms with Crippen molar-refractivity contribution in [3.05, 3.63) is 0 Å². The van der Waals surface area contributed by atoms with E-state index in [4.69, 9.17) is 5.50 Å². The molecular weight excluding hydrogens is 304 g/mol. The Morgan fingerprint density at radius 3 is 0.778 bits per heavy atom. The van der Waals surface area contributed by atoms with Gasteiger partial charge >= 0.3 is 40.9 Å². The predicted molar refractivity (Wildman–Crippen MR) is 65.7 cm³/mol. The summed E-state index contributed by atoms with van der Waals surface area (Å²) in [5.74, 6) is 0. The van der Waals surface area contributed by atoms with E-state index in [1.54, 1.807) is 0 Å². The van der Waals surface area contributed by atoms with Crippen LogP contribution >= 0.6 is 15.7 Å². The fraction of sp³-hybridized carbons (Fsp3) is 1.00. The summed E-state index contributed by atoms with van der Waals surface area (Å²) in [5, 5.41) is 0. The Labute approximate surface area is 103 Å². The first-order valence-corrected chi connectivity index (χ1v) is 8.30. The van der Waals surface area contributed by atoms with Gasteiger partial charge in [0, 0.05) is 42.3 Å². The van der Waals surface area contributed by atoms with Crippen molar-refractivity contribution >= 4 is 15.7 Å². The Bertz CT molecular complexity index is 240. The zero-order valence-corrected chi connectivity index (χ0v) is 12.9. The van der Waals surface area contributed by atoms with Crippen LogP contribution in [-0.4, -0.2) is 56.3 Å². The molecule has 0 aliphatic rings. The van der Waals surface area contributed by atoms with E-state index in [0.29, 0.717) is 0 Å². The van der Waals surface area contributed by atoms with Crippen LogP contribution in [0.4, 0.5) is 25.2 Å². The molecular formula is C6H20F6N4P2. The van der Waals surface area contributed by atoms with Gasteiger partial charge in [-0.25, -0.2) is 0 Å². The van der Waals surface area contributed by atoms with Crippen molar-refractivity contribution in [3.63, 3.8) is 0 Å². The monoisotopic (exact) mass is 324 g/mol. The fourth-order valence-electron chi connectivity index (χ4n) is 1.07. The van der Waals surface area contributed by atoms with Gasteiger partial charge in [-0.3, -0.25) is 0 Å². The second-order valence-corrected chi connectivity index (χ2v) is 9.66. The molecule has 18 heavy (non-hydrogen) atoms. The molecule has 0 aromatic carbocycles. The molecule has 0 fully saturated rings. The molecule has 0 aromatic rings. The average Bonchev–Trinajstić information content (AvgIpc) is 1.95. The van der Waals surface area contributed by atoms with Crippen molar-refractivity contribution in [1.82, 2.24) is 14.0 Å². The topological polar surface area (TPSA) is 35.7 Å². The molecule has 0 unspecified atom stereocenters. The normalized spacial score (nSPS) is 17.3. The first-order valence-electron chi connectivity index (χ1n) is 4.56. The summed E-state index contributed by atoms with van der Waals surface area (Å²) in [6, 6.07) is 0. The van der Waals surface area contributed by atoms with Crippen molar-refractivity contribution < 1.29 is 25.2 Å². The Hall–Kier alpha value is 0.280. The third kappa shape index (κ3) is 11.4. The minimum absolute atomic E-state index is 1.69. The van der Waals surface area contributed by atoms with Crippen LogP contribution in [0.15, 0.2) is 0 Å². The molecule has 0 rings (SSSR count). The minimum atomic E-state index is -10.7. The van der Waals surface area contributed by atoms with Gasteiger partial charge in [0.15, 0.2) is 0 Å². The molecule has 12 heteroatoms. The third-order valence-corrected chi connectivity index (χ3v) is 5.30. The maximum absolute atomic E-state index is 10.7. The van der Waals surface area contributed by atoms with Crippen molar-refractivity contribution in [1.29, 1.82) is 0 Å². The molecule has 0 radical (unpaired) electrons. The molecule has 0 aromatic heterocycles. The summed E-state index contributed by atoms with van der Waals surface area (Å²) in [7, 11) is -0.296. The van der Waals surface area contributed by atoms with E-state index in [1.165, 1.54) is 0 Å². The molecule has 0 aliphatic heterocycles. The summed E-state index contributed by atoms with van der Waals surface area (Å²) in [6.45, 7) is 0. The molecule has 4 nitrogen and oxygen atoms in total. The number of hydrogen-bond donors (Lipinski definition) is 1. The first-order chi connectivity index (χ1) is 7.28. The van der Waals surface area contributed by atoms with Crippen molar-refractivity contribution in [3.8, 4) is 0 Å². The van der Waals surface area contributed by atoms with Crippen LogP contribution < -0.4 is 5.50 Å². The van der Waals surface area contributed by atoms with E-state index >= 15 is 0 Å². The number of rotatable bonds is 3. The second kappa shape index (κ2) is 5.00. The van der Waals surface area contributed by atoms with Gasteiger partial charge in [-0.15, -0.1) is 14.0 Å². The van der Waals surface area contributed by atoms with Crippen molar-refractivity contribution in [2.24, 2.45) is 5.50 Å². The molecule has 116 valence electrons. The van der Waals surface area contributed by atoms with Gasteiger partial charge in [0.25, 0.3) is 0 Å². The molecule has 0 saturated heterocycles. The molecule has 0 bridgehead atoms. The Morgan fingerprint density at radius 2 is 0.778 bits per heavy atom. The van der Waals surface area contributed by atoms with Gasteiger partial charge in [0.2, 0.25) is 0 Å². The Kier molecular flexibility index (Phi) is 5.72. The van der Waals surface area contributed by atoms with Gasteiger partial charge in [-0.2, -0.15) is 5.50 Å². The molecule has 0 spiro atoms. The van der Waals surface area contributed by atoms with Crippen LogP contribution in [-0.2, 0) is 0 Å². The van der Waals surface area contributed by atoms with Crippen LogP contribution in [0.5, 0.6) is 0 Å². The van der Waals surface area contributed by atoms with Crippen molar-refractivity contribution in [2.45, 2.75) is 0 Å². The standard InChI is InChI=1S/C6H20N4P.F6P/c1-8(2)11(7,9(3)4)10(5)6;1-7(2,3,4,5)6/h7H2,1-6H3;/q+1;-1. The predicted octanol–water partition coefficient (Wildman–Crippen LogP) is 3.69. The average molecular weight is 324 g/mol. The molecule has 0 amide bonds. The van der Waals surface area contributed by atoms with Gasteiger partial charge in [0.05, 0.1) is 0 Å². The van der Waals surface area contributed by atoms with Gasteiger partial charge < -0.3 is 0 Å². The van der Waals surface area contributed by atoms with E-state index < -0.39 is 15.7 Å². The SMILES string of the molecule is CN(C)[P+](N)(N(C)C)N(C)C.F[P-](F)(F)(F)(F)F. The van der Waals surface area contributed by atoms with E-state index in [2.05, 4.69) is 14.0 Å². The number of halogens is 6. The summed E-state index contributed by atoms with van der Waals surface area (Å²) in [6.07, 6.45) is 0. The van der Waals surface area contributed by atoms with E-state index in [9.17, 15) is 25.2 Å². The molecule has 0 heterocycles. The summed E-state index contributed by atoms with van der Waals surface area (Å²) in [4.78, 5) is 0. The van der Waals surface area contributed by atoms with Crippen LogP contribution in [0, 0.1) is 0 Å². The van der Waals surface area contributed by atoms with Gasteiger partial charge in [-0.05, 0) is 0 Å². The Morgan fingerprint density at radius 1 is 0.667 bits per heavy atom. The quantitative estimate of drug-likeness (QED) is 0.634. The number of hydrogen-bond acceptors (Lipinski definition) is 4. The van der Waals surface area contributed by atoms with Crippen LogP contribution in [0.2, 0.25) is 0 Å². The third-order valence-electron chi connectivity index (χ3n) is 1.77. The van der Waals surface area contributed by atoms with Gasteiger partial charge in [0.1, 0.15) is 0 Å². The van der Waals surface area contributed by atoms with E-state index in [1.807, 2.05) is 42.3 Å². The molecule has 0 saturated carbocycles. The molecule has 0 aliphatic carbocycles. The fourth-order valence-corrected chi connectivity index (χ4v) is 3.22. The zero-order valence-electron chi connectivity index (χ0n) is 11.1. The van der Waals surface area contributed by atoms with Crippen molar-refractivity contribution in [2.75, 3.05) is 42.3 Å². The number of nitrogens with two attached hydrogens (primary N) is 1. The number of nitrogens with zero attached hydrogens (tertiary/aromatic N) is 3. The summed E-state index contributed by atoms with van der Waals surface area (Å²) in [5.41, 5.74) is 6.22. The van der Waals surface area contributed by atoms with E-state index in [-0.39, 0.29) is 0 Å².